The van der Waals surface area contributed by atoms with Crippen LogP contribution in [0.15, 0.2) is 17.1 Å². The maximum Gasteiger partial charge on any atom is 0.335 e. The first kappa shape index (κ1) is 11.4. The summed E-state index contributed by atoms with van der Waals surface area (Å²) in [6, 6.07) is 1.33. The van der Waals surface area contributed by atoms with Gasteiger partial charge in [-0.15, -0.1) is 0 Å². The molecule has 0 amide bonds. The third-order valence-electron chi connectivity index (χ3n) is 1.95. The van der Waals surface area contributed by atoms with Crippen molar-refractivity contribution in [3.05, 3.63) is 33.7 Å². The molecule has 0 aliphatic heterocycles. The Morgan fingerprint density at radius 3 is 2.60 bits per heavy atom. The van der Waals surface area contributed by atoms with Crippen LogP contribution in [0.3, 0.4) is 0 Å². The van der Waals surface area contributed by atoms with Gasteiger partial charge in [-0.2, -0.15) is 0 Å². The SMILES string of the molecule is Cc1c[nH]c(=O)c(C(O)C(O)C(=O)O)c1. The summed E-state index contributed by atoms with van der Waals surface area (Å²) in [5, 5.41) is 26.9. The van der Waals surface area contributed by atoms with Gasteiger partial charge in [-0.1, -0.05) is 0 Å². The highest BCUT2D eigenvalue weighted by molar-refractivity contribution is 5.73. The van der Waals surface area contributed by atoms with E-state index in [0.29, 0.717) is 5.56 Å². The van der Waals surface area contributed by atoms with Crippen molar-refractivity contribution in [2.45, 2.75) is 19.1 Å². The Morgan fingerprint density at radius 1 is 1.47 bits per heavy atom. The lowest BCUT2D eigenvalue weighted by Gasteiger charge is -2.13. The standard InChI is InChI=1S/C9H11NO5/c1-4-2-5(8(13)10-3-4)6(11)7(12)9(14)15/h2-3,6-7,11-12H,1H3,(H,10,13)(H,14,15). The minimum absolute atomic E-state index is 0.162. The molecule has 4 N–H and O–H groups in total. The number of aliphatic hydroxyl groups is 2. The summed E-state index contributed by atoms with van der Waals surface area (Å²) < 4.78 is 0. The van der Waals surface area contributed by atoms with E-state index in [0.717, 1.165) is 0 Å². The van der Waals surface area contributed by atoms with E-state index < -0.39 is 23.7 Å². The van der Waals surface area contributed by atoms with E-state index in [9.17, 15) is 14.7 Å². The summed E-state index contributed by atoms with van der Waals surface area (Å²) in [6.07, 6.45) is -2.31. The molecule has 82 valence electrons. The zero-order valence-electron chi connectivity index (χ0n) is 7.97. The molecule has 0 aromatic carbocycles. The predicted molar refractivity (Wildman–Crippen MR) is 50.4 cm³/mol. The number of carboxylic acid groups (broad SMARTS) is 1. The monoisotopic (exact) mass is 213 g/mol. The van der Waals surface area contributed by atoms with E-state index in [1.807, 2.05) is 0 Å². The fourth-order valence-electron chi connectivity index (χ4n) is 1.14. The number of carbonyl (C=O) groups is 1. The lowest BCUT2D eigenvalue weighted by molar-refractivity contribution is -0.153. The van der Waals surface area contributed by atoms with Crippen molar-refractivity contribution < 1.29 is 20.1 Å². The Labute approximate surface area is 84.8 Å². The number of pyridine rings is 1. The van der Waals surface area contributed by atoms with Crippen LogP contribution in [0.2, 0.25) is 0 Å². The van der Waals surface area contributed by atoms with Gasteiger partial charge in [-0.3, -0.25) is 4.79 Å². The molecule has 6 nitrogen and oxygen atoms in total. The average molecular weight is 213 g/mol. The summed E-state index contributed by atoms with van der Waals surface area (Å²) >= 11 is 0. The molecule has 0 bridgehead atoms. The van der Waals surface area contributed by atoms with Gasteiger partial charge in [0.25, 0.3) is 5.56 Å². The quantitative estimate of drug-likeness (QED) is 0.523. The van der Waals surface area contributed by atoms with Crippen LogP contribution in [0.1, 0.15) is 17.2 Å². The van der Waals surface area contributed by atoms with Crippen molar-refractivity contribution in [2.24, 2.45) is 0 Å². The number of H-pyrrole nitrogens is 1. The first-order chi connectivity index (χ1) is 6.93. The topological polar surface area (TPSA) is 111 Å². The largest absolute Gasteiger partial charge is 0.479 e. The second-order valence-electron chi connectivity index (χ2n) is 3.19. The first-order valence-corrected chi connectivity index (χ1v) is 4.21. The summed E-state index contributed by atoms with van der Waals surface area (Å²) in [7, 11) is 0. The highest BCUT2D eigenvalue weighted by Gasteiger charge is 2.27. The van der Waals surface area contributed by atoms with E-state index in [1.54, 1.807) is 6.92 Å². The molecule has 1 rings (SSSR count). The van der Waals surface area contributed by atoms with Crippen LogP contribution in [0.25, 0.3) is 0 Å². The molecule has 0 radical (unpaired) electrons. The van der Waals surface area contributed by atoms with E-state index >= 15 is 0 Å². The Hall–Kier alpha value is -1.66. The molecule has 6 heteroatoms. The van der Waals surface area contributed by atoms with Gasteiger partial charge >= 0.3 is 5.97 Å². The Kier molecular flexibility index (Phi) is 3.23. The van der Waals surface area contributed by atoms with Crippen LogP contribution < -0.4 is 5.56 Å². The van der Waals surface area contributed by atoms with E-state index in [2.05, 4.69) is 4.98 Å². The third-order valence-corrected chi connectivity index (χ3v) is 1.95. The number of hydrogen-bond donors (Lipinski definition) is 4. The van der Waals surface area contributed by atoms with Crippen LogP contribution in [0.5, 0.6) is 0 Å². The lowest BCUT2D eigenvalue weighted by atomic mass is 10.1. The molecule has 0 aliphatic carbocycles. The van der Waals surface area contributed by atoms with E-state index in [4.69, 9.17) is 10.2 Å². The van der Waals surface area contributed by atoms with Crippen LogP contribution in [-0.4, -0.2) is 32.4 Å². The Balaban J connectivity index is 3.10. The van der Waals surface area contributed by atoms with Gasteiger partial charge in [0.05, 0.1) is 0 Å². The van der Waals surface area contributed by atoms with Gasteiger partial charge in [0, 0.05) is 11.8 Å². The lowest BCUT2D eigenvalue weighted by Crippen LogP contribution is -2.31. The fourth-order valence-corrected chi connectivity index (χ4v) is 1.14. The smallest absolute Gasteiger partial charge is 0.335 e. The van der Waals surface area contributed by atoms with Crippen molar-refractivity contribution in [1.82, 2.24) is 4.98 Å². The van der Waals surface area contributed by atoms with Crippen molar-refractivity contribution in [3.63, 3.8) is 0 Å². The van der Waals surface area contributed by atoms with Crippen molar-refractivity contribution >= 4 is 5.97 Å². The number of aliphatic carboxylic acids is 1. The predicted octanol–water partition coefficient (Wildman–Crippen LogP) is -0.838. The molecule has 15 heavy (non-hydrogen) atoms. The molecular formula is C9H11NO5. The third kappa shape index (κ3) is 2.42. The molecular weight excluding hydrogens is 202 g/mol. The fraction of sp³-hybridized carbons (Fsp3) is 0.333. The molecule has 0 saturated carbocycles. The Morgan fingerprint density at radius 2 is 2.07 bits per heavy atom. The maximum absolute atomic E-state index is 11.2. The number of carboxylic acids is 1. The minimum Gasteiger partial charge on any atom is -0.479 e. The molecule has 0 fully saturated rings. The molecule has 2 atom stereocenters. The number of aromatic amines is 1. The highest BCUT2D eigenvalue weighted by atomic mass is 16.4. The van der Waals surface area contributed by atoms with Crippen LogP contribution >= 0.6 is 0 Å². The number of nitrogens with one attached hydrogen (secondary N) is 1. The number of aliphatic hydroxyl groups excluding tert-OH is 2. The highest BCUT2D eigenvalue weighted by Crippen LogP contribution is 2.13. The normalized spacial score (nSPS) is 14.6. The van der Waals surface area contributed by atoms with Gasteiger partial charge < -0.3 is 20.3 Å². The van der Waals surface area contributed by atoms with Gasteiger partial charge in [0.2, 0.25) is 0 Å². The number of aromatic nitrogens is 1. The molecule has 1 aromatic heterocycles. The van der Waals surface area contributed by atoms with Crippen molar-refractivity contribution in [2.75, 3.05) is 0 Å². The van der Waals surface area contributed by atoms with Gasteiger partial charge in [0.1, 0.15) is 6.10 Å². The Bertz CT molecular complexity index is 425. The zero-order chi connectivity index (χ0) is 11.6. The average Bonchev–Trinajstić information content (AvgIpc) is 2.19. The van der Waals surface area contributed by atoms with Crippen molar-refractivity contribution in [3.8, 4) is 0 Å². The number of hydrogen-bond acceptors (Lipinski definition) is 4. The van der Waals surface area contributed by atoms with Crippen LogP contribution in [0.4, 0.5) is 0 Å². The molecule has 0 spiro atoms. The van der Waals surface area contributed by atoms with E-state index in [1.165, 1.54) is 12.3 Å². The van der Waals surface area contributed by atoms with Crippen LogP contribution in [-0.2, 0) is 4.79 Å². The number of rotatable bonds is 3. The number of aryl methyl sites for hydroxylation is 1. The minimum atomic E-state index is -2.01. The summed E-state index contributed by atoms with van der Waals surface area (Å²) in [5.74, 6) is -1.58. The first-order valence-electron chi connectivity index (χ1n) is 4.21. The summed E-state index contributed by atoms with van der Waals surface area (Å²) in [4.78, 5) is 23.9. The molecule has 0 aliphatic rings. The molecule has 1 aromatic rings. The van der Waals surface area contributed by atoms with Crippen molar-refractivity contribution in [1.29, 1.82) is 0 Å². The molecule has 1 heterocycles. The maximum atomic E-state index is 11.2. The summed E-state index contributed by atoms with van der Waals surface area (Å²) in [6.45, 7) is 1.67. The van der Waals surface area contributed by atoms with Gasteiger partial charge in [-0.25, -0.2) is 4.79 Å². The second-order valence-corrected chi connectivity index (χ2v) is 3.19. The van der Waals surface area contributed by atoms with Gasteiger partial charge in [-0.05, 0) is 18.6 Å². The van der Waals surface area contributed by atoms with Gasteiger partial charge in [0.15, 0.2) is 6.10 Å². The van der Waals surface area contributed by atoms with Crippen LogP contribution in [0, 0.1) is 6.92 Å². The second kappa shape index (κ2) is 4.24. The summed E-state index contributed by atoms with van der Waals surface area (Å²) in [5.41, 5.74) is -0.125. The molecule has 0 saturated heterocycles. The van der Waals surface area contributed by atoms with E-state index in [-0.39, 0.29) is 5.56 Å². The molecule has 2 unspecified atom stereocenters. The zero-order valence-corrected chi connectivity index (χ0v) is 7.97.